The van der Waals surface area contributed by atoms with Crippen molar-refractivity contribution in [2.45, 2.75) is 13.8 Å². The van der Waals surface area contributed by atoms with Gasteiger partial charge in [-0.1, -0.05) is 109 Å². The van der Waals surface area contributed by atoms with Gasteiger partial charge < -0.3 is 13.6 Å². The Hall–Kier alpha value is -6.84. The van der Waals surface area contributed by atoms with Crippen molar-refractivity contribution in [3.63, 3.8) is 0 Å². The van der Waals surface area contributed by atoms with Crippen LogP contribution in [0.15, 0.2) is 174 Å². The SMILES string of the molecule is Cc1cc(-c2ccc3oc4ccccc4c3c2)cc(C)c1-c1cc(-n2c3ccccc3c3ccccc32)cc(-n2c3ccccc3c3ccccc32)c1. The molecule has 0 aliphatic heterocycles. The number of para-hydroxylation sites is 5. The molecule has 0 bridgehead atoms. The van der Waals surface area contributed by atoms with Gasteiger partial charge in [0.1, 0.15) is 11.2 Å². The molecule has 3 heteroatoms. The van der Waals surface area contributed by atoms with Crippen molar-refractivity contribution >= 4 is 65.6 Å². The van der Waals surface area contributed by atoms with E-state index in [-0.39, 0.29) is 0 Å². The van der Waals surface area contributed by atoms with E-state index in [1.165, 1.54) is 77.0 Å². The first-order valence-electron chi connectivity index (χ1n) is 18.3. The average Bonchev–Trinajstić information content (AvgIpc) is 3.85. The Kier molecular flexibility index (Phi) is 6.38. The Balaban J connectivity index is 1.17. The van der Waals surface area contributed by atoms with Crippen molar-refractivity contribution < 1.29 is 4.42 Å². The minimum Gasteiger partial charge on any atom is -0.456 e. The molecular formula is C50H34N2O. The highest BCUT2D eigenvalue weighted by atomic mass is 16.3. The lowest BCUT2D eigenvalue weighted by Crippen LogP contribution is -2.01. The van der Waals surface area contributed by atoms with Crippen molar-refractivity contribution in [3.05, 3.63) is 181 Å². The van der Waals surface area contributed by atoms with E-state index >= 15 is 0 Å². The van der Waals surface area contributed by atoms with Crippen molar-refractivity contribution in [3.8, 4) is 33.6 Å². The number of fused-ring (bicyclic) bond motifs is 9. The average molecular weight is 679 g/mol. The lowest BCUT2D eigenvalue weighted by molar-refractivity contribution is 0.669. The van der Waals surface area contributed by atoms with Gasteiger partial charge >= 0.3 is 0 Å². The van der Waals surface area contributed by atoms with Crippen molar-refractivity contribution in [1.29, 1.82) is 0 Å². The van der Waals surface area contributed by atoms with Crippen LogP contribution in [0.4, 0.5) is 0 Å². The number of hydrogen-bond donors (Lipinski definition) is 0. The Morgan fingerprint density at radius 3 is 1.28 bits per heavy atom. The highest BCUT2D eigenvalue weighted by Gasteiger charge is 2.19. The minimum atomic E-state index is 0.916. The highest BCUT2D eigenvalue weighted by molar-refractivity contribution is 6.11. The van der Waals surface area contributed by atoms with E-state index < -0.39 is 0 Å². The van der Waals surface area contributed by atoms with Gasteiger partial charge in [-0.05, 0) is 108 Å². The molecule has 0 atom stereocenters. The Bertz CT molecular complexity index is 3000. The van der Waals surface area contributed by atoms with Crippen LogP contribution < -0.4 is 0 Å². The molecule has 0 unspecified atom stereocenters. The Morgan fingerprint density at radius 2 is 0.774 bits per heavy atom. The summed E-state index contributed by atoms with van der Waals surface area (Å²) in [7, 11) is 0. The van der Waals surface area contributed by atoms with Crippen LogP contribution >= 0.6 is 0 Å². The van der Waals surface area contributed by atoms with E-state index in [9.17, 15) is 0 Å². The first kappa shape index (κ1) is 29.8. The van der Waals surface area contributed by atoms with Crippen molar-refractivity contribution in [2.75, 3.05) is 0 Å². The maximum absolute atomic E-state index is 6.15. The minimum absolute atomic E-state index is 0.916. The summed E-state index contributed by atoms with van der Waals surface area (Å²) in [4.78, 5) is 0. The van der Waals surface area contributed by atoms with E-state index in [4.69, 9.17) is 4.42 Å². The summed E-state index contributed by atoms with van der Waals surface area (Å²) in [6.45, 7) is 4.51. The third-order valence-electron chi connectivity index (χ3n) is 11.1. The Morgan fingerprint density at radius 1 is 0.340 bits per heavy atom. The summed E-state index contributed by atoms with van der Waals surface area (Å²) in [5.74, 6) is 0. The van der Waals surface area contributed by atoms with E-state index in [1.807, 2.05) is 12.1 Å². The van der Waals surface area contributed by atoms with Crippen LogP contribution in [0.25, 0.3) is 99.2 Å². The molecule has 11 rings (SSSR count). The van der Waals surface area contributed by atoms with Crippen LogP contribution in [0, 0.1) is 13.8 Å². The second-order valence-electron chi connectivity index (χ2n) is 14.3. The van der Waals surface area contributed by atoms with Crippen LogP contribution in [0.2, 0.25) is 0 Å². The van der Waals surface area contributed by atoms with E-state index in [1.54, 1.807) is 0 Å². The van der Waals surface area contributed by atoms with Gasteiger partial charge in [-0.2, -0.15) is 0 Å². The monoisotopic (exact) mass is 678 g/mol. The smallest absolute Gasteiger partial charge is 0.135 e. The normalized spacial score (nSPS) is 12.0. The summed E-state index contributed by atoms with van der Waals surface area (Å²) < 4.78 is 11.0. The zero-order valence-electron chi connectivity index (χ0n) is 29.5. The number of nitrogens with zero attached hydrogens (tertiary/aromatic N) is 2. The first-order chi connectivity index (χ1) is 26.1. The third-order valence-corrected chi connectivity index (χ3v) is 11.1. The predicted octanol–water partition coefficient (Wildman–Crippen LogP) is 13.7. The molecule has 250 valence electrons. The molecule has 0 fully saturated rings. The van der Waals surface area contributed by atoms with Crippen molar-refractivity contribution in [1.82, 2.24) is 9.13 Å². The molecule has 0 N–H and O–H groups in total. The van der Waals surface area contributed by atoms with Gasteiger partial charge in [0.15, 0.2) is 0 Å². The molecule has 0 saturated heterocycles. The lowest BCUT2D eigenvalue weighted by Gasteiger charge is -2.19. The molecule has 3 aromatic heterocycles. The molecule has 0 amide bonds. The largest absolute Gasteiger partial charge is 0.456 e. The quantitative estimate of drug-likeness (QED) is 0.182. The van der Waals surface area contributed by atoms with Gasteiger partial charge in [-0.25, -0.2) is 0 Å². The lowest BCUT2D eigenvalue weighted by atomic mass is 9.90. The number of aromatic nitrogens is 2. The third kappa shape index (κ3) is 4.47. The predicted molar refractivity (Wildman–Crippen MR) is 223 cm³/mol. The van der Waals surface area contributed by atoms with Gasteiger partial charge in [0.25, 0.3) is 0 Å². The summed E-state index contributed by atoms with van der Waals surface area (Å²) in [6.07, 6.45) is 0. The number of furan rings is 1. The summed E-state index contributed by atoms with van der Waals surface area (Å²) in [5, 5.41) is 7.31. The molecule has 11 aromatic rings. The second-order valence-corrected chi connectivity index (χ2v) is 14.3. The molecule has 0 saturated carbocycles. The molecule has 3 heterocycles. The summed E-state index contributed by atoms with van der Waals surface area (Å²) in [6, 6.07) is 61.7. The Labute approximate surface area is 306 Å². The molecule has 0 spiro atoms. The zero-order valence-corrected chi connectivity index (χ0v) is 29.5. The van der Waals surface area contributed by atoms with Gasteiger partial charge in [0, 0.05) is 43.7 Å². The topological polar surface area (TPSA) is 23.0 Å². The summed E-state index contributed by atoms with van der Waals surface area (Å²) >= 11 is 0. The van der Waals surface area contributed by atoms with Crippen molar-refractivity contribution in [2.24, 2.45) is 0 Å². The highest BCUT2D eigenvalue weighted by Crippen LogP contribution is 2.40. The number of aryl methyl sites for hydroxylation is 2. The van der Waals surface area contributed by atoms with E-state index in [2.05, 4.69) is 181 Å². The molecule has 0 radical (unpaired) electrons. The number of hydrogen-bond acceptors (Lipinski definition) is 1. The van der Waals surface area contributed by atoms with Gasteiger partial charge in [0.05, 0.1) is 22.1 Å². The van der Waals surface area contributed by atoms with Gasteiger partial charge in [-0.3, -0.25) is 0 Å². The van der Waals surface area contributed by atoms with Crippen LogP contribution in [0.5, 0.6) is 0 Å². The van der Waals surface area contributed by atoms with Crippen LogP contribution in [-0.2, 0) is 0 Å². The summed E-state index contributed by atoms with van der Waals surface area (Å²) in [5.41, 5.74) is 16.2. The van der Waals surface area contributed by atoms with Gasteiger partial charge in [0.2, 0.25) is 0 Å². The van der Waals surface area contributed by atoms with Crippen LogP contribution in [0.3, 0.4) is 0 Å². The van der Waals surface area contributed by atoms with Gasteiger partial charge in [-0.15, -0.1) is 0 Å². The second kappa shape index (κ2) is 11.3. The number of rotatable bonds is 4. The van der Waals surface area contributed by atoms with Crippen LogP contribution in [-0.4, -0.2) is 9.13 Å². The van der Waals surface area contributed by atoms with Crippen LogP contribution in [0.1, 0.15) is 11.1 Å². The van der Waals surface area contributed by atoms with E-state index in [0.29, 0.717) is 0 Å². The molecule has 0 aliphatic carbocycles. The molecule has 53 heavy (non-hydrogen) atoms. The first-order valence-corrected chi connectivity index (χ1v) is 18.3. The van der Waals surface area contributed by atoms with E-state index in [0.717, 1.165) is 33.3 Å². The fraction of sp³-hybridized carbons (Fsp3) is 0.0400. The number of benzene rings is 8. The molecule has 0 aliphatic rings. The standard InChI is InChI=1S/C50H34N2O/c1-31-25-34(33-23-24-49-43(29-33)42-17-7-12-22-48(42)53-49)26-32(2)50(31)35-27-36(51-44-18-8-3-13-38(44)39-14-4-9-19-45(39)51)30-37(28-35)52-46-20-10-5-15-40(46)41-16-6-11-21-47(41)52/h3-30H,1-2H3. The molecule has 8 aromatic carbocycles. The maximum atomic E-state index is 6.15. The molecule has 3 nitrogen and oxygen atoms in total. The fourth-order valence-corrected chi connectivity index (χ4v) is 8.89. The maximum Gasteiger partial charge on any atom is 0.135 e. The fourth-order valence-electron chi connectivity index (χ4n) is 8.89. The zero-order chi connectivity index (χ0) is 35.2. The molecular weight excluding hydrogens is 645 g/mol.